The van der Waals surface area contributed by atoms with Gasteiger partial charge in [-0.15, -0.1) is 0 Å². The number of hydrogen-bond acceptors (Lipinski definition) is 1. The van der Waals surface area contributed by atoms with Crippen LogP contribution in [0.15, 0.2) is 0 Å². The van der Waals surface area contributed by atoms with E-state index in [2.05, 4.69) is 12.4 Å². The lowest BCUT2D eigenvalue weighted by molar-refractivity contribution is -0.840. The first-order chi connectivity index (χ1) is 3.83. The molecule has 1 unspecified atom stereocenters. The molecule has 1 saturated heterocycles. The number of hydrogen-bond donors (Lipinski definition) is 2. The molecule has 2 heteroatoms. The van der Waals surface area contributed by atoms with Crippen LogP contribution in [0.3, 0.4) is 0 Å². The van der Waals surface area contributed by atoms with E-state index in [-0.39, 0.29) is 0 Å². The fourth-order valence-electron chi connectivity index (χ4n) is 1.18. The van der Waals surface area contributed by atoms with Crippen LogP contribution in [0.5, 0.6) is 0 Å². The van der Waals surface area contributed by atoms with Crippen LogP contribution in [0.2, 0.25) is 0 Å². The summed E-state index contributed by atoms with van der Waals surface area (Å²) in [6.45, 7) is 2.42. The van der Waals surface area contributed by atoms with Crippen LogP contribution in [-0.4, -0.2) is 26.2 Å². The molecular weight excluding hydrogens is 100 g/mol. The Morgan fingerprint density at radius 3 is 2.75 bits per heavy atom. The Morgan fingerprint density at radius 2 is 2.50 bits per heavy atom. The van der Waals surface area contributed by atoms with Gasteiger partial charge in [-0.1, -0.05) is 0 Å². The third kappa shape index (κ3) is 1.20. The molecule has 8 heavy (non-hydrogen) atoms. The summed E-state index contributed by atoms with van der Waals surface area (Å²) in [6, 6.07) is 0.725. The van der Waals surface area contributed by atoms with Crippen LogP contribution in [-0.2, 0) is 0 Å². The number of nitrogens with one attached hydrogen (secondary N) is 2. The van der Waals surface area contributed by atoms with Crippen molar-refractivity contribution in [2.24, 2.45) is 0 Å². The Kier molecular flexibility index (Phi) is 1.86. The van der Waals surface area contributed by atoms with Crippen LogP contribution < -0.4 is 10.2 Å². The van der Waals surface area contributed by atoms with E-state index in [1.807, 2.05) is 7.05 Å². The lowest BCUT2D eigenvalue weighted by Crippen LogP contribution is -3.05. The summed E-state index contributed by atoms with van der Waals surface area (Å²) in [4.78, 5) is 1.41. The largest absolute Gasteiger partial charge is 0.466 e. The van der Waals surface area contributed by atoms with Gasteiger partial charge < -0.3 is 10.2 Å². The van der Waals surface area contributed by atoms with E-state index in [4.69, 9.17) is 0 Å². The Bertz CT molecular complexity index is 72.9. The fourth-order valence-corrected chi connectivity index (χ4v) is 1.18. The highest BCUT2D eigenvalue weighted by Gasteiger charge is 2.16. The van der Waals surface area contributed by atoms with Crippen molar-refractivity contribution in [1.82, 2.24) is 5.32 Å². The average molecular weight is 114 g/mol. The van der Waals surface area contributed by atoms with E-state index in [9.17, 15) is 0 Å². The summed E-state index contributed by atoms with van der Waals surface area (Å²) in [5, 5.41) is 3.23. The molecule has 1 rings (SSSR count). The number of quaternary nitrogens is 1. The highest BCUT2D eigenvalue weighted by Crippen LogP contribution is 1.89. The summed E-state index contributed by atoms with van der Waals surface area (Å²) in [7, 11) is 5.93. The van der Waals surface area contributed by atoms with E-state index in [0.717, 1.165) is 6.04 Å². The molecular formula is C6H14N2. The average Bonchev–Trinajstić information content (AvgIpc) is 2.14. The van der Waals surface area contributed by atoms with Crippen LogP contribution >= 0.6 is 0 Å². The van der Waals surface area contributed by atoms with E-state index in [0.29, 0.717) is 0 Å². The molecule has 1 fully saturated rings. The molecule has 0 aromatic carbocycles. The van der Waals surface area contributed by atoms with Crippen molar-refractivity contribution in [3.05, 3.63) is 7.05 Å². The number of rotatable bonds is 1. The smallest absolute Gasteiger partial charge is 0.0688 e. The third-order valence-electron chi connectivity index (χ3n) is 1.79. The van der Waals surface area contributed by atoms with Gasteiger partial charge >= 0.3 is 0 Å². The Hall–Kier alpha value is -0.0800. The van der Waals surface area contributed by atoms with Gasteiger partial charge in [-0.2, -0.15) is 7.05 Å². The SMILES string of the molecule is [CH2-][NH+]1CC[C@@H](NC)C1. The molecule has 0 radical (unpaired) electrons. The Balaban J connectivity index is 2.22. The van der Waals surface area contributed by atoms with E-state index < -0.39 is 0 Å². The Labute approximate surface area is 50.9 Å². The van der Waals surface area contributed by atoms with Crippen LogP contribution in [0.25, 0.3) is 0 Å². The van der Waals surface area contributed by atoms with Crippen molar-refractivity contribution < 1.29 is 4.90 Å². The highest BCUT2D eigenvalue weighted by atomic mass is 15.2. The molecule has 0 bridgehead atoms. The maximum absolute atomic E-state index is 3.91. The summed E-state index contributed by atoms with van der Waals surface area (Å²) < 4.78 is 0. The molecule has 2 atom stereocenters. The van der Waals surface area contributed by atoms with Gasteiger partial charge in [0.15, 0.2) is 0 Å². The second kappa shape index (κ2) is 2.46. The van der Waals surface area contributed by atoms with Gasteiger partial charge in [0.25, 0.3) is 0 Å². The molecule has 2 nitrogen and oxygen atoms in total. The minimum Gasteiger partial charge on any atom is -0.466 e. The monoisotopic (exact) mass is 114 g/mol. The van der Waals surface area contributed by atoms with E-state index in [1.165, 1.54) is 24.4 Å². The zero-order valence-corrected chi connectivity index (χ0v) is 5.41. The summed E-state index contributed by atoms with van der Waals surface area (Å²) >= 11 is 0. The van der Waals surface area contributed by atoms with Gasteiger partial charge in [-0.05, 0) is 7.05 Å². The lowest BCUT2D eigenvalue weighted by atomic mass is 10.3. The maximum atomic E-state index is 3.91. The van der Waals surface area contributed by atoms with Crippen LogP contribution in [0, 0.1) is 7.05 Å². The van der Waals surface area contributed by atoms with Gasteiger partial charge in [-0.25, -0.2) is 0 Å². The second-order valence-electron chi connectivity index (χ2n) is 2.48. The molecule has 0 saturated carbocycles. The fraction of sp³-hybridized carbons (Fsp3) is 0.833. The maximum Gasteiger partial charge on any atom is 0.0688 e. The highest BCUT2D eigenvalue weighted by molar-refractivity contribution is 4.66. The predicted molar refractivity (Wildman–Crippen MR) is 33.5 cm³/mol. The first-order valence-electron chi connectivity index (χ1n) is 3.17. The van der Waals surface area contributed by atoms with Crippen molar-refractivity contribution in [2.45, 2.75) is 12.5 Å². The van der Waals surface area contributed by atoms with E-state index >= 15 is 0 Å². The minimum absolute atomic E-state index is 0.725. The van der Waals surface area contributed by atoms with E-state index in [1.54, 1.807) is 0 Å². The summed E-state index contributed by atoms with van der Waals surface area (Å²) in [5.41, 5.74) is 0. The third-order valence-corrected chi connectivity index (χ3v) is 1.79. The summed E-state index contributed by atoms with van der Waals surface area (Å²) in [6.07, 6.45) is 1.29. The molecule has 1 heterocycles. The quantitative estimate of drug-likeness (QED) is 0.403. The standard InChI is InChI=1S/C6H14N2/c1-7-6-3-4-8(2)5-6/h6-8H,2-5H2,1H3/t6-/m1/s1. The number of likely N-dealkylation sites (N-methyl/N-ethyl adjacent to an activating group) is 1. The molecule has 0 aromatic rings. The Morgan fingerprint density at radius 1 is 1.75 bits per heavy atom. The molecule has 48 valence electrons. The first-order valence-corrected chi connectivity index (χ1v) is 3.17. The lowest BCUT2D eigenvalue weighted by Gasteiger charge is -2.11. The summed E-state index contributed by atoms with van der Waals surface area (Å²) in [5.74, 6) is 0. The minimum atomic E-state index is 0.725. The number of likely N-dealkylation sites (tertiary alicyclic amines) is 1. The van der Waals surface area contributed by atoms with Crippen molar-refractivity contribution >= 4 is 0 Å². The van der Waals surface area contributed by atoms with Gasteiger partial charge in [0.05, 0.1) is 19.1 Å². The molecule has 0 aliphatic carbocycles. The second-order valence-corrected chi connectivity index (χ2v) is 2.48. The van der Waals surface area contributed by atoms with Crippen molar-refractivity contribution in [3.63, 3.8) is 0 Å². The van der Waals surface area contributed by atoms with Crippen molar-refractivity contribution in [1.29, 1.82) is 0 Å². The van der Waals surface area contributed by atoms with Gasteiger partial charge in [0, 0.05) is 6.42 Å². The van der Waals surface area contributed by atoms with Crippen molar-refractivity contribution in [2.75, 3.05) is 20.1 Å². The normalized spacial score (nSPS) is 38.2. The molecule has 0 aromatic heterocycles. The van der Waals surface area contributed by atoms with Gasteiger partial charge in [0.2, 0.25) is 0 Å². The topological polar surface area (TPSA) is 16.5 Å². The molecule has 0 spiro atoms. The van der Waals surface area contributed by atoms with Crippen molar-refractivity contribution in [3.8, 4) is 0 Å². The first kappa shape index (κ1) is 6.05. The van der Waals surface area contributed by atoms with Gasteiger partial charge in [0.1, 0.15) is 0 Å². The predicted octanol–water partition coefficient (Wildman–Crippen LogP) is -1.35. The zero-order chi connectivity index (χ0) is 5.98. The molecule has 1 aliphatic rings. The van der Waals surface area contributed by atoms with Crippen LogP contribution in [0.4, 0.5) is 0 Å². The molecule has 2 N–H and O–H groups in total. The zero-order valence-electron chi connectivity index (χ0n) is 5.41. The van der Waals surface area contributed by atoms with Gasteiger partial charge in [-0.3, -0.25) is 0 Å². The van der Waals surface area contributed by atoms with Crippen LogP contribution in [0.1, 0.15) is 6.42 Å². The molecule has 1 aliphatic heterocycles. The molecule has 0 amide bonds.